The van der Waals surface area contributed by atoms with E-state index < -0.39 is 0 Å². The van der Waals surface area contributed by atoms with Gasteiger partial charge in [-0.05, 0) is 30.2 Å². The van der Waals surface area contributed by atoms with Crippen LogP contribution in [0.3, 0.4) is 0 Å². The third kappa shape index (κ3) is 3.80. The van der Waals surface area contributed by atoms with Gasteiger partial charge in [0, 0.05) is 36.1 Å². The van der Waals surface area contributed by atoms with Crippen LogP contribution in [-0.4, -0.2) is 11.5 Å². The van der Waals surface area contributed by atoms with Crippen LogP contribution in [0.2, 0.25) is 5.02 Å². The summed E-state index contributed by atoms with van der Waals surface area (Å²) in [4.78, 5) is 4.25. The van der Waals surface area contributed by atoms with Gasteiger partial charge in [-0.2, -0.15) is 0 Å². The third-order valence-electron chi connectivity index (χ3n) is 2.62. The zero-order chi connectivity index (χ0) is 12.1. The molecule has 0 aliphatic carbocycles. The van der Waals surface area contributed by atoms with Gasteiger partial charge in [0.1, 0.15) is 0 Å². The highest BCUT2D eigenvalue weighted by Gasteiger charge is 1.99. The first-order chi connectivity index (χ1) is 8.25. The SMILES string of the molecule is Cc1cc(Cl)ccc1CNCCc1nccs1. The largest absolute Gasteiger partial charge is 0.312 e. The number of nitrogens with zero attached hydrogens (tertiary/aromatic N) is 1. The number of halogens is 1. The fourth-order valence-electron chi connectivity index (χ4n) is 1.65. The molecule has 0 bridgehead atoms. The number of hydrogen-bond acceptors (Lipinski definition) is 3. The van der Waals surface area contributed by atoms with Crippen LogP contribution >= 0.6 is 22.9 Å². The first-order valence-electron chi connectivity index (χ1n) is 5.60. The van der Waals surface area contributed by atoms with E-state index in [-0.39, 0.29) is 0 Å². The maximum atomic E-state index is 5.92. The minimum absolute atomic E-state index is 0.800. The average Bonchev–Trinajstić information content (AvgIpc) is 2.79. The molecule has 0 saturated heterocycles. The highest BCUT2D eigenvalue weighted by molar-refractivity contribution is 7.09. The smallest absolute Gasteiger partial charge is 0.0937 e. The second kappa shape index (κ2) is 6.15. The van der Waals surface area contributed by atoms with E-state index in [1.807, 2.05) is 23.7 Å². The van der Waals surface area contributed by atoms with E-state index in [0.717, 1.165) is 24.5 Å². The van der Waals surface area contributed by atoms with Crippen molar-refractivity contribution in [3.63, 3.8) is 0 Å². The summed E-state index contributed by atoms with van der Waals surface area (Å²) in [5.41, 5.74) is 2.53. The second-order valence-corrected chi connectivity index (χ2v) is 5.34. The molecule has 1 aromatic carbocycles. The lowest BCUT2D eigenvalue weighted by Crippen LogP contribution is -2.17. The summed E-state index contributed by atoms with van der Waals surface area (Å²) in [6.45, 7) is 3.92. The highest BCUT2D eigenvalue weighted by atomic mass is 35.5. The Labute approximate surface area is 111 Å². The Morgan fingerprint density at radius 1 is 1.41 bits per heavy atom. The molecule has 0 aliphatic rings. The van der Waals surface area contributed by atoms with Crippen molar-refractivity contribution in [2.75, 3.05) is 6.54 Å². The molecule has 0 saturated carbocycles. The first kappa shape index (κ1) is 12.6. The van der Waals surface area contributed by atoms with Crippen molar-refractivity contribution in [3.05, 3.63) is 50.9 Å². The summed E-state index contributed by atoms with van der Waals surface area (Å²) < 4.78 is 0. The zero-order valence-electron chi connectivity index (χ0n) is 9.74. The van der Waals surface area contributed by atoms with Crippen LogP contribution in [-0.2, 0) is 13.0 Å². The van der Waals surface area contributed by atoms with E-state index in [2.05, 4.69) is 23.3 Å². The van der Waals surface area contributed by atoms with Gasteiger partial charge in [0.25, 0.3) is 0 Å². The van der Waals surface area contributed by atoms with Gasteiger partial charge < -0.3 is 5.32 Å². The number of hydrogen-bond donors (Lipinski definition) is 1. The van der Waals surface area contributed by atoms with E-state index in [0.29, 0.717) is 0 Å². The minimum atomic E-state index is 0.800. The number of rotatable bonds is 5. The van der Waals surface area contributed by atoms with Crippen molar-refractivity contribution in [2.45, 2.75) is 19.9 Å². The van der Waals surface area contributed by atoms with Crippen molar-refractivity contribution in [2.24, 2.45) is 0 Å². The molecule has 90 valence electrons. The summed E-state index contributed by atoms with van der Waals surface area (Å²) in [6.07, 6.45) is 2.84. The quantitative estimate of drug-likeness (QED) is 0.839. The Morgan fingerprint density at radius 2 is 2.29 bits per heavy atom. The normalized spacial score (nSPS) is 10.7. The van der Waals surface area contributed by atoms with Gasteiger partial charge in [-0.25, -0.2) is 4.98 Å². The Morgan fingerprint density at radius 3 is 3.00 bits per heavy atom. The van der Waals surface area contributed by atoms with Crippen LogP contribution in [0.4, 0.5) is 0 Å². The molecule has 17 heavy (non-hydrogen) atoms. The summed E-state index contributed by atoms with van der Waals surface area (Å²) in [7, 11) is 0. The Balaban J connectivity index is 1.78. The maximum absolute atomic E-state index is 5.92. The van der Waals surface area contributed by atoms with E-state index >= 15 is 0 Å². The van der Waals surface area contributed by atoms with Crippen LogP contribution in [0.25, 0.3) is 0 Å². The van der Waals surface area contributed by atoms with E-state index in [1.165, 1.54) is 16.1 Å². The third-order valence-corrected chi connectivity index (χ3v) is 3.69. The fourth-order valence-corrected chi connectivity index (χ4v) is 2.50. The number of aryl methyl sites for hydroxylation is 1. The Kier molecular flexibility index (Phi) is 4.54. The molecule has 1 heterocycles. The summed E-state index contributed by atoms with van der Waals surface area (Å²) in [5.74, 6) is 0. The highest BCUT2D eigenvalue weighted by Crippen LogP contribution is 2.14. The van der Waals surface area contributed by atoms with Gasteiger partial charge in [0.15, 0.2) is 0 Å². The molecule has 0 fully saturated rings. The van der Waals surface area contributed by atoms with Crippen LogP contribution in [0.15, 0.2) is 29.8 Å². The van der Waals surface area contributed by atoms with Gasteiger partial charge in [0.05, 0.1) is 5.01 Å². The molecule has 2 aromatic rings. The predicted molar refractivity (Wildman–Crippen MR) is 73.7 cm³/mol. The summed E-state index contributed by atoms with van der Waals surface area (Å²) in [5, 5.41) is 7.42. The predicted octanol–water partition coefficient (Wildman–Crippen LogP) is 3.44. The van der Waals surface area contributed by atoms with Crippen molar-refractivity contribution in [1.29, 1.82) is 0 Å². The number of aromatic nitrogens is 1. The number of benzene rings is 1. The lowest BCUT2D eigenvalue weighted by molar-refractivity contribution is 0.683. The molecule has 0 unspecified atom stereocenters. The Bertz CT molecular complexity index is 468. The lowest BCUT2D eigenvalue weighted by Gasteiger charge is -2.07. The molecular weight excluding hydrogens is 252 g/mol. The van der Waals surface area contributed by atoms with Crippen molar-refractivity contribution >= 4 is 22.9 Å². The standard InChI is InChI=1S/C13H15ClN2S/c1-10-8-12(14)3-2-11(10)9-15-5-4-13-16-6-7-17-13/h2-3,6-8,15H,4-5,9H2,1H3. The van der Waals surface area contributed by atoms with E-state index in [1.54, 1.807) is 11.3 Å². The summed E-state index contributed by atoms with van der Waals surface area (Å²) in [6, 6.07) is 6.01. The van der Waals surface area contributed by atoms with E-state index in [9.17, 15) is 0 Å². The fraction of sp³-hybridized carbons (Fsp3) is 0.308. The van der Waals surface area contributed by atoms with Crippen molar-refractivity contribution in [1.82, 2.24) is 10.3 Å². The number of nitrogens with one attached hydrogen (secondary N) is 1. The minimum Gasteiger partial charge on any atom is -0.312 e. The summed E-state index contributed by atoms with van der Waals surface area (Å²) >= 11 is 7.62. The van der Waals surface area contributed by atoms with Gasteiger partial charge in [-0.3, -0.25) is 0 Å². The van der Waals surface area contributed by atoms with Gasteiger partial charge in [0.2, 0.25) is 0 Å². The van der Waals surface area contributed by atoms with Crippen LogP contribution in [0.1, 0.15) is 16.1 Å². The average molecular weight is 267 g/mol. The van der Waals surface area contributed by atoms with Gasteiger partial charge in [-0.1, -0.05) is 17.7 Å². The molecule has 0 amide bonds. The molecule has 0 radical (unpaired) electrons. The molecule has 1 N–H and O–H groups in total. The first-order valence-corrected chi connectivity index (χ1v) is 6.85. The zero-order valence-corrected chi connectivity index (χ0v) is 11.3. The molecule has 0 spiro atoms. The molecule has 0 aliphatic heterocycles. The molecule has 0 atom stereocenters. The second-order valence-electron chi connectivity index (χ2n) is 3.92. The van der Waals surface area contributed by atoms with Gasteiger partial charge >= 0.3 is 0 Å². The number of thiazole rings is 1. The van der Waals surface area contributed by atoms with Crippen LogP contribution in [0, 0.1) is 6.92 Å². The topological polar surface area (TPSA) is 24.9 Å². The molecule has 2 nitrogen and oxygen atoms in total. The Hall–Kier alpha value is -0.900. The molecule has 4 heteroatoms. The lowest BCUT2D eigenvalue weighted by atomic mass is 10.1. The van der Waals surface area contributed by atoms with Crippen molar-refractivity contribution in [3.8, 4) is 0 Å². The van der Waals surface area contributed by atoms with Crippen molar-refractivity contribution < 1.29 is 0 Å². The van der Waals surface area contributed by atoms with Crippen LogP contribution < -0.4 is 5.32 Å². The molecular formula is C13H15ClN2S. The van der Waals surface area contributed by atoms with E-state index in [4.69, 9.17) is 11.6 Å². The molecule has 2 rings (SSSR count). The van der Waals surface area contributed by atoms with Crippen LogP contribution in [0.5, 0.6) is 0 Å². The monoisotopic (exact) mass is 266 g/mol. The maximum Gasteiger partial charge on any atom is 0.0937 e. The molecule has 1 aromatic heterocycles. The van der Waals surface area contributed by atoms with Gasteiger partial charge in [-0.15, -0.1) is 11.3 Å².